The van der Waals surface area contributed by atoms with E-state index in [1.165, 1.54) is 17.2 Å². The smallest absolute Gasteiger partial charge is 0.325 e. The minimum Gasteiger partial charge on any atom is -0.488 e. The molecule has 1 aromatic rings. The molecule has 0 aromatic carbocycles. The lowest BCUT2D eigenvalue weighted by Gasteiger charge is -2.37. The van der Waals surface area contributed by atoms with E-state index < -0.39 is 11.6 Å². The van der Waals surface area contributed by atoms with Crippen LogP contribution < -0.4 is 15.5 Å². The van der Waals surface area contributed by atoms with Gasteiger partial charge in [-0.2, -0.15) is 0 Å². The summed E-state index contributed by atoms with van der Waals surface area (Å²) in [7, 11) is 0. The van der Waals surface area contributed by atoms with Crippen LogP contribution in [0.4, 0.5) is 4.79 Å². The first-order valence-corrected chi connectivity index (χ1v) is 10.1. The number of carbonyl (C=O) groups excluding carboxylic acids is 2. The third kappa shape index (κ3) is 4.22. The fourth-order valence-corrected chi connectivity index (χ4v) is 3.88. The Morgan fingerprint density at radius 2 is 1.93 bits per heavy atom. The number of carbonyl (C=O) groups is 2. The highest BCUT2D eigenvalue weighted by atomic mass is 16.5. The van der Waals surface area contributed by atoms with Gasteiger partial charge in [-0.1, -0.05) is 20.8 Å². The zero-order chi connectivity index (χ0) is 20.3. The first-order valence-electron chi connectivity index (χ1n) is 10.1. The van der Waals surface area contributed by atoms with Crippen LogP contribution in [-0.4, -0.2) is 58.5 Å². The van der Waals surface area contributed by atoms with Crippen molar-refractivity contribution in [2.75, 3.05) is 26.2 Å². The summed E-state index contributed by atoms with van der Waals surface area (Å²) in [5, 5.41) is 2.91. The molecular formula is C20H30N4O4. The zero-order valence-electron chi connectivity index (χ0n) is 16.9. The topological polar surface area (TPSA) is 94.7 Å². The lowest BCUT2D eigenvalue weighted by Crippen LogP contribution is -2.55. The van der Waals surface area contributed by atoms with Crippen LogP contribution in [0.3, 0.4) is 0 Å². The number of aromatic nitrogens is 1. The second-order valence-electron chi connectivity index (χ2n) is 8.13. The molecule has 28 heavy (non-hydrogen) atoms. The molecule has 2 N–H and O–H groups in total. The van der Waals surface area contributed by atoms with Crippen molar-refractivity contribution < 1.29 is 14.3 Å². The van der Waals surface area contributed by atoms with Crippen LogP contribution in [-0.2, 0) is 11.3 Å². The molecule has 2 aliphatic heterocycles. The maximum absolute atomic E-state index is 13.0. The third-order valence-electron chi connectivity index (χ3n) is 5.31. The van der Waals surface area contributed by atoms with Crippen molar-refractivity contribution in [3.8, 4) is 5.75 Å². The van der Waals surface area contributed by atoms with Gasteiger partial charge in [-0.15, -0.1) is 0 Å². The van der Waals surface area contributed by atoms with E-state index in [0.29, 0.717) is 31.1 Å². The lowest BCUT2D eigenvalue weighted by molar-refractivity contribution is -0.133. The van der Waals surface area contributed by atoms with Crippen molar-refractivity contribution in [1.29, 1.82) is 0 Å². The standard InChI is InChI=1S/C20H30N4O4/c1-4-9-28-17-11-21-15(10-16(17)25)13-24-18(26)20(22-19(24)27)5-7-23(8-6-20)12-14(2)3/h10-11,14H,4-9,12-13H2,1-3H3,(H,21,25)(H,22,27). The number of aromatic amines is 1. The molecule has 1 spiro atoms. The number of hydrogen-bond acceptors (Lipinski definition) is 5. The van der Waals surface area contributed by atoms with Crippen molar-refractivity contribution in [2.24, 2.45) is 5.92 Å². The van der Waals surface area contributed by atoms with Gasteiger partial charge in [-0.3, -0.25) is 14.5 Å². The maximum atomic E-state index is 13.0. The Morgan fingerprint density at radius 1 is 1.21 bits per heavy atom. The molecule has 2 fully saturated rings. The van der Waals surface area contributed by atoms with Gasteiger partial charge in [-0.25, -0.2) is 4.79 Å². The highest BCUT2D eigenvalue weighted by Crippen LogP contribution is 2.30. The minimum absolute atomic E-state index is 0.0470. The number of imide groups is 1. The van der Waals surface area contributed by atoms with Crippen molar-refractivity contribution in [3.63, 3.8) is 0 Å². The van der Waals surface area contributed by atoms with Crippen LogP contribution in [0.1, 0.15) is 45.7 Å². The Hall–Kier alpha value is -2.35. The predicted octanol–water partition coefficient (Wildman–Crippen LogP) is 1.71. The van der Waals surface area contributed by atoms with Gasteiger partial charge in [0.25, 0.3) is 5.91 Å². The van der Waals surface area contributed by atoms with Gasteiger partial charge in [0.1, 0.15) is 5.54 Å². The van der Waals surface area contributed by atoms with Crippen LogP contribution in [0, 0.1) is 5.92 Å². The van der Waals surface area contributed by atoms with Gasteiger partial charge >= 0.3 is 6.03 Å². The van der Waals surface area contributed by atoms with E-state index in [2.05, 4.69) is 29.0 Å². The molecule has 0 unspecified atom stereocenters. The fourth-order valence-electron chi connectivity index (χ4n) is 3.88. The Balaban J connectivity index is 1.66. The van der Waals surface area contributed by atoms with E-state index in [0.717, 1.165) is 26.1 Å². The molecular weight excluding hydrogens is 360 g/mol. The number of ether oxygens (including phenoxy) is 1. The van der Waals surface area contributed by atoms with Crippen molar-refractivity contribution in [1.82, 2.24) is 20.1 Å². The number of nitrogens with zero attached hydrogens (tertiary/aromatic N) is 2. The molecule has 8 heteroatoms. The van der Waals surface area contributed by atoms with Gasteiger partial charge in [0.05, 0.1) is 13.2 Å². The van der Waals surface area contributed by atoms with Crippen LogP contribution in [0.2, 0.25) is 0 Å². The fraction of sp³-hybridized carbons (Fsp3) is 0.650. The van der Waals surface area contributed by atoms with Gasteiger partial charge in [-0.05, 0) is 25.2 Å². The van der Waals surface area contributed by atoms with Crippen LogP contribution in [0.25, 0.3) is 0 Å². The van der Waals surface area contributed by atoms with Crippen molar-refractivity contribution >= 4 is 11.9 Å². The normalized spacial score (nSPS) is 19.5. The first-order chi connectivity index (χ1) is 13.3. The summed E-state index contributed by atoms with van der Waals surface area (Å²) >= 11 is 0. The van der Waals surface area contributed by atoms with Crippen LogP contribution in [0.15, 0.2) is 17.1 Å². The van der Waals surface area contributed by atoms with Crippen LogP contribution >= 0.6 is 0 Å². The number of rotatable bonds is 7. The molecule has 0 saturated carbocycles. The monoisotopic (exact) mass is 390 g/mol. The average Bonchev–Trinajstić information content (AvgIpc) is 2.87. The van der Waals surface area contributed by atoms with Crippen molar-refractivity contribution in [3.05, 3.63) is 28.2 Å². The first kappa shape index (κ1) is 20.4. The van der Waals surface area contributed by atoms with Crippen molar-refractivity contribution in [2.45, 2.75) is 52.1 Å². The van der Waals surface area contributed by atoms with Gasteiger partial charge in [0.15, 0.2) is 5.75 Å². The number of hydrogen-bond donors (Lipinski definition) is 2. The van der Waals surface area contributed by atoms with Gasteiger partial charge in [0, 0.05) is 37.6 Å². The SMILES string of the molecule is CCCOc1c[nH]c(CN2C(=O)NC3(CCN(CC(C)C)CC3)C2=O)cc1=O. The second-order valence-corrected chi connectivity index (χ2v) is 8.13. The summed E-state index contributed by atoms with van der Waals surface area (Å²) in [5.41, 5.74) is -0.563. The molecule has 2 aliphatic rings. The second kappa shape index (κ2) is 8.34. The number of piperidine rings is 1. The number of urea groups is 1. The summed E-state index contributed by atoms with van der Waals surface area (Å²) in [5.74, 6) is 0.617. The Bertz CT molecular complexity index is 781. The molecule has 0 atom stereocenters. The van der Waals surface area contributed by atoms with E-state index in [-0.39, 0.29) is 23.6 Å². The summed E-state index contributed by atoms with van der Waals surface area (Å²) in [6, 6.07) is 0.997. The lowest BCUT2D eigenvalue weighted by atomic mass is 9.87. The number of amides is 3. The minimum atomic E-state index is -0.810. The molecule has 3 rings (SSSR count). The van der Waals surface area contributed by atoms with Gasteiger partial charge < -0.3 is 19.9 Å². The molecule has 3 heterocycles. The van der Waals surface area contributed by atoms with E-state index in [4.69, 9.17) is 4.74 Å². The van der Waals surface area contributed by atoms with Crippen LogP contribution in [0.5, 0.6) is 5.75 Å². The predicted molar refractivity (Wildman–Crippen MR) is 105 cm³/mol. The number of nitrogens with one attached hydrogen (secondary N) is 2. The van der Waals surface area contributed by atoms with E-state index in [1.54, 1.807) is 0 Å². The average molecular weight is 390 g/mol. The third-order valence-corrected chi connectivity index (χ3v) is 5.31. The molecule has 1 aromatic heterocycles. The molecule has 8 nitrogen and oxygen atoms in total. The molecule has 0 radical (unpaired) electrons. The number of pyridine rings is 1. The molecule has 3 amide bonds. The number of likely N-dealkylation sites (tertiary alicyclic amines) is 1. The Labute approximate surface area is 165 Å². The summed E-state index contributed by atoms with van der Waals surface area (Å²) < 4.78 is 5.37. The molecule has 154 valence electrons. The summed E-state index contributed by atoms with van der Waals surface area (Å²) in [6.45, 7) is 9.40. The zero-order valence-corrected chi connectivity index (χ0v) is 16.9. The Morgan fingerprint density at radius 3 is 2.54 bits per heavy atom. The maximum Gasteiger partial charge on any atom is 0.325 e. The Kier molecular flexibility index (Phi) is 6.07. The molecule has 0 aliphatic carbocycles. The van der Waals surface area contributed by atoms with Gasteiger partial charge in [0.2, 0.25) is 5.43 Å². The van der Waals surface area contributed by atoms with E-state index in [1.807, 2.05) is 6.92 Å². The largest absolute Gasteiger partial charge is 0.488 e. The highest BCUT2D eigenvalue weighted by Gasteiger charge is 2.52. The molecule has 0 bridgehead atoms. The molecule has 2 saturated heterocycles. The number of H-pyrrole nitrogens is 1. The quantitative estimate of drug-likeness (QED) is 0.691. The summed E-state index contributed by atoms with van der Waals surface area (Å²) in [4.78, 5) is 44.2. The summed E-state index contributed by atoms with van der Waals surface area (Å²) in [6.07, 6.45) is 3.52. The van der Waals surface area contributed by atoms with E-state index in [9.17, 15) is 14.4 Å². The van der Waals surface area contributed by atoms with E-state index >= 15 is 0 Å². The highest BCUT2D eigenvalue weighted by molar-refractivity contribution is 6.07.